The summed E-state index contributed by atoms with van der Waals surface area (Å²) in [5.74, 6) is -2.77. The molecule has 1 amide bonds. The molecule has 1 rings (SSSR count). The lowest BCUT2D eigenvalue weighted by molar-refractivity contribution is -0.197. The van der Waals surface area contributed by atoms with Crippen molar-refractivity contribution in [3.63, 3.8) is 0 Å². The maximum absolute atomic E-state index is 12.4. The van der Waals surface area contributed by atoms with Crippen LogP contribution in [0.3, 0.4) is 0 Å². The van der Waals surface area contributed by atoms with Crippen LogP contribution >= 0.6 is 0 Å². The van der Waals surface area contributed by atoms with Crippen molar-refractivity contribution >= 4 is 6.09 Å². The molecule has 0 heterocycles. The van der Waals surface area contributed by atoms with Crippen molar-refractivity contribution < 1.29 is 18.3 Å². The molecule has 1 aliphatic carbocycles. The smallest absolute Gasteiger partial charge is 0.405 e. The van der Waals surface area contributed by atoms with Crippen LogP contribution in [0.2, 0.25) is 0 Å². The summed E-state index contributed by atoms with van der Waals surface area (Å²) in [6.45, 7) is -0.120. The third-order valence-corrected chi connectivity index (χ3v) is 1.85. The van der Waals surface area contributed by atoms with Crippen LogP contribution in [0.4, 0.5) is 13.6 Å². The molecule has 4 N–H and O–H groups in total. The SMILES string of the molecule is NCC1(OC(N)=O)CC(F)(F)C1. The van der Waals surface area contributed by atoms with Crippen LogP contribution < -0.4 is 11.5 Å². The molecule has 0 atom stereocenters. The van der Waals surface area contributed by atoms with E-state index in [9.17, 15) is 13.6 Å². The van der Waals surface area contributed by atoms with E-state index in [0.29, 0.717) is 0 Å². The highest BCUT2D eigenvalue weighted by Crippen LogP contribution is 2.47. The van der Waals surface area contributed by atoms with Crippen LogP contribution in [-0.2, 0) is 4.74 Å². The van der Waals surface area contributed by atoms with E-state index in [-0.39, 0.29) is 6.54 Å². The number of halogens is 2. The van der Waals surface area contributed by atoms with E-state index in [1.54, 1.807) is 0 Å². The molecular formula is C6H10F2N2O2. The highest BCUT2D eigenvalue weighted by molar-refractivity contribution is 5.65. The minimum atomic E-state index is -2.77. The van der Waals surface area contributed by atoms with Crippen molar-refractivity contribution in [3.05, 3.63) is 0 Å². The molecule has 1 aliphatic rings. The number of rotatable bonds is 2. The molecule has 0 aromatic carbocycles. The Balaban J connectivity index is 2.53. The Morgan fingerprint density at radius 2 is 2.00 bits per heavy atom. The maximum atomic E-state index is 12.4. The maximum Gasteiger partial charge on any atom is 0.405 e. The van der Waals surface area contributed by atoms with Gasteiger partial charge in [-0.15, -0.1) is 0 Å². The number of amides is 1. The van der Waals surface area contributed by atoms with Crippen LogP contribution in [0, 0.1) is 0 Å². The molecule has 1 fully saturated rings. The summed E-state index contributed by atoms with van der Waals surface area (Å²) in [6.07, 6.45) is -2.12. The molecule has 0 spiro atoms. The normalized spacial score (nSPS) is 24.2. The third-order valence-electron chi connectivity index (χ3n) is 1.85. The summed E-state index contributed by atoms with van der Waals surface area (Å²) < 4.78 is 29.3. The van der Waals surface area contributed by atoms with E-state index < -0.39 is 30.5 Å². The second kappa shape index (κ2) is 2.55. The van der Waals surface area contributed by atoms with E-state index in [4.69, 9.17) is 11.5 Å². The number of hydrogen-bond donors (Lipinski definition) is 2. The lowest BCUT2D eigenvalue weighted by Crippen LogP contribution is -2.59. The van der Waals surface area contributed by atoms with Gasteiger partial charge in [0.25, 0.3) is 5.92 Å². The van der Waals surface area contributed by atoms with Gasteiger partial charge in [-0.2, -0.15) is 0 Å². The second-order valence-electron chi connectivity index (χ2n) is 3.02. The van der Waals surface area contributed by atoms with Crippen molar-refractivity contribution in [1.82, 2.24) is 0 Å². The van der Waals surface area contributed by atoms with Crippen LogP contribution in [-0.4, -0.2) is 24.2 Å². The zero-order chi connectivity index (χ0) is 9.41. The number of carbonyl (C=O) groups is 1. The summed E-state index contributed by atoms with van der Waals surface area (Å²) in [7, 11) is 0. The Bertz CT molecular complexity index is 200. The van der Waals surface area contributed by atoms with E-state index >= 15 is 0 Å². The molecule has 0 aromatic rings. The monoisotopic (exact) mass is 180 g/mol. The molecule has 0 radical (unpaired) electrons. The molecule has 0 bridgehead atoms. The summed E-state index contributed by atoms with van der Waals surface area (Å²) in [4.78, 5) is 10.3. The zero-order valence-corrected chi connectivity index (χ0v) is 6.35. The quantitative estimate of drug-likeness (QED) is 0.637. The van der Waals surface area contributed by atoms with Crippen molar-refractivity contribution in [2.24, 2.45) is 11.5 Å². The van der Waals surface area contributed by atoms with Crippen molar-refractivity contribution in [2.75, 3.05) is 6.54 Å². The average Bonchev–Trinajstić information content (AvgIpc) is 1.81. The predicted molar refractivity (Wildman–Crippen MR) is 36.6 cm³/mol. The van der Waals surface area contributed by atoms with Crippen LogP contribution in [0.25, 0.3) is 0 Å². The molecule has 0 aliphatic heterocycles. The van der Waals surface area contributed by atoms with Crippen molar-refractivity contribution in [2.45, 2.75) is 24.4 Å². The van der Waals surface area contributed by atoms with Crippen LogP contribution in [0.1, 0.15) is 12.8 Å². The minimum absolute atomic E-state index is 0.120. The number of ether oxygens (including phenoxy) is 1. The number of nitrogens with two attached hydrogens (primary N) is 2. The van der Waals surface area contributed by atoms with Gasteiger partial charge in [0.1, 0.15) is 5.60 Å². The van der Waals surface area contributed by atoms with Gasteiger partial charge in [0, 0.05) is 6.54 Å². The number of hydrogen-bond acceptors (Lipinski definition) is 3. The van der Waals surface area contributed by atoms with Gasteiger partial charge in [-0.1, -0.05) is 0 Å². The van der Waals surface area contributed by atoms with Gasteiger partial charge in [-0.05, 0) is 0 Å². The first-order valence-corrected chi connectivity index (χ1v) is 3.46. The Morgan fingerprint density at radius 1 is 1.50 bits per heavy atom. The zero-order valence-electron chi connectivity index (χ0n) is 6.35. The Hall–Kier alpha value is -0.910. The molecule has 12 heavy (non-hydrogen) atoms. The standard InChI is InChI=1S/C6H10F2N2O2/c7-6(8)1-5(2-6,3-9)12-4(10)11/h1-3,9H2,(H2,10,11). The minimum Gasteiger partial charge on any atom is -0.441 e. The molecule has 1 saturated carbocycles. The van der Waals surface area contributed by atoms with Gasteiger partial charge in [0.05, 0.1) is 12.8 Å². The lowest BCUT2D eigenvalue weighted by atomic mass is 9.76. The number of alkyl halides is 2. The second-order valence-corrected chi connectivity index (χ2v) is 3.02. The number of primary amides is 1. The van der Waals surface area contributed by atoms with Crippen LogP contribution in [0.15, 0.2) is 0 Å². The van der Waals surface area contributed by atoms with Crippen LogP contribution in [0.5, 0.6) is 0 Å². The first-order valence-electron chi connectivity index (χ1n) is 3.46. The van der Waals surface area contributed by atoms with E-state index in [0.717, 1.165) is 0 Å². The Morgan fingerprint density at radius 3 is 2.25 bits per heavy atom. The Kier molecular flexibility index (Phi) is 1.95. The summed E-state index contributed by atoms with van der Waals surface area (Å²) in [6, 6.07) is 0. The molecule has 6 heteroatoms. The van der Waals surface area contributed by atoms with Gasteiger partial charge in [-0.25, -0.2) is 13.6 Å². The van der Waals surface area contributed by atoms with E-state index in [2.05, 4.69) is 4.74 Å². The van der Waals surface area contributed by atoms with Crippen molar-refractivity contribution in [1.29, 1.82) is 0 Å². The fourth-order valence-corrected chi connectivity index (χ4v) is 1.36. The highest BCUT2D eigenvalue weighted by Gasteiger charge is 2.58. The predicted octanol–water partition coefficient (Wildman–Crippen LogP) is 0.208. The lowest BCUT2D eigenvalue weighted by Gasteiger charge is -2.44. The van der Waals surface area contributed by atoms with Crippen molar-refractivity contribution in [3.8, 4) is 0 Å². The topological polar surface area (TPSA) is 78.3 Å². The molecule has 0 saturated heterocycles. The first kappa shape index (κ1) is 9.18. The third kappa shape index (κ3) is 1.63. The van der Waals surface area contributed by atoms with Gasteiger partial charge >= 0.3 is 6.09 Å². The average molecular weight is 180 g/mol. The fourth-order valence-electron chi connectivity index (χ4n) is 1.36. The first-order chi connectivity index (χ1) is 5.39. The van der Waals surface area contributed by atoms with Gasteiger partial charge in [-0.3, -0.25) is 0 Å². The molecular weight excluding hydrogens is 170 g/mol. The molecule has 70 valence electrons. The molecule has 4 nitrogen and oxygen atoms in total. The largest absolute Gasteiger partial charge is 0.441 e. The fraction of sp³-hybridized carbons (Fsp3) is 0.833. The van der Waals surface area contributed by atoms with E-state index in [1.165, 1.54) is 0 Å². The summed E-state index contributed by atoms with van der Waals surface area (Å²) in [5, 5.41) is 0. The summed E-state index contributed by atoms with van der Waals surface area (Å²) in [5.41, 5.74) is 8.64. The van der Waals surface area contributed by atoms with Gasteiger partial charge in [0.15, 0.2) is 0 Å². The van der Waals surface area contributed by atoms with Gasteiger partial charge < -0.3 is 16.2 Å². The molecule has 0 aromatic heterocycles. The summed E-state index contributed by atoms with van der Waals surface area (Å²) >= 11 is 0. The molecule has 0 unspecified atom stereocenters. The highest BCUT2D eigenvalue weighted by atomic mass is 19.3. The van der Waals surface area contributed by atoms with E-state index in [1.807, 2.05) is 0 Å². The van der Waals surface area contributed by atoms with Gasteiger partial charge in [0.2, 0.25) is 0 Å². The Labute approximate surface area is 67.8 Å². The number of carbonyl (C=O) groups excluding carboxylic acids is 1.